The van der Waals surface area contributed by atoms with Crippen molar-refractivity contribution < 1.29 is 9.59 Å². The quantitative estimate of drug-likeness (QED) is 0.380. The second-order valence-corrected chi connectivity index (χ2v) is 3.75. The molecule has 0 saturated carbocycles. The Bertz CT molecular complexity index is 405. The van der Waals surface area contributed by atoms with Crippen molar-refractivity contribution in [1.29, 1.82) is 0 Å². The predicted octanol–water partition coefficient (Wildman–Crippen LogP) is 0.443. The molecule has 0 aliphatic carbocycles. The van der Waals surface area contributed by atoms with E-state index in [9.17, 15) is 9.59 Å². The van der Waals surface area contributed by atoms with E-state index in [1.807, 2.05) is 13.0 Å². The number of anilines is 1. The van der Waals surface area contributed by atoms with Gasteiger partial charge in [0.05, 0.1) is 0 Å². The van der Waals surface area contributed by atoms with Gasteiger partial charge >= 0.3 is 0 Å². The molecule has 0 atom stereocenters. The van der Waals surface area contributed by atoms with Crippen LogP contribution in [0.2, 0.25) is 0 Å². The third kappa shape index (κ3) is 4.14. The van der Waals surface area contributed by atoms with Gasteiger partial charge in [-0.25, -0.2) is 0 Å². The molecule has 0 aliphatic heterocycles. The summed E-state index contributed by atoms with van der Waals surface area (Å²) in [5.41, 5.74) is 7.84. The molecule has 0 spiro atoms. The molecule has 0 heterocycles. The van der Waals surface area contributed by atoms with Crippen LogP contribution >= 0.6 is 0 Å². The molecule has 0 aliphatic rings. The van der Waals surface area contributed by atoms with Gasteiger partial charge in [0, 0.05) is 24.3 Å². The Hall–Kier alpha value is -2.04. The standard InChI is InChI=1S/C12H17N3O2/c1-9-3-4-10(7-11(9)13)12(17)15-6-2-5-14-8-16/h3-4,7-8H,2,5-6,13H2,1H3,(H,14,16)(H,15,17). The van der Waals surface area contributed by atoms with Gasteiger partial charge in [-0.15, -0.1) is 0 Å². The van der Waals surface area contributed by atoms with Crippen LogP contribution in [0, 0.1) is 6.92 Å². The van der Waals surface area contributed by atoms with E-state index in [4.69, 9.17) is 5.73 Å². The van der Waals surface area contributed by atoms with Gasteiger partial charge in [-0.05, 0) is 31.0 Å². The molecule has 2 amide bonds. The minimum Gasteiger partial charge on any atom is -0.398 e. The van der Waals surface area contributed by atoms with Crippen LogP contribution in [-0.4, -0.2) is 25.4 Å². The molecule has 4 N–H and O–H groups in total. The number of rotatable bonds is 6. The Balaban J connectivity index is 2.41. The zero-order valence-electron chi connectivity index (χ0n) is 9.82. The molecular weight excluding hydrogens is 218 g/mol. The lowest BCUT2D eigenvalue weighted by Gasteiger charge is -2.06. The number of hydrogen-bond donors (Lipinski definition) is 3. The van der Waals surface area contributed by atoms with E-state index in [2.05, 4.69) is 10.6 Å². The molecule has 0 aromatic heterocycles. The van der Waals surface area contributed by atoms with Gasteiger partial charge in [0.15, 0.2) is 0 Å². The molecule has 17 heavy (non-hydrogen) atoms. The first-order valence-electron chi connectivity index (χ1n) is 5.46. The predicted molar refractivity (Wildman–Crippen MR) is 66.6 cm³/mol. The zero-order chi connectivity index (χ0) is 12.7. The largest absolute Gasteiger partial charge is 0.398 e. The summed E-state index contributed by atoms with van der Waals surface area (Å²) in [4.78, 5) is 21.7. The molecule has 5 heteroatoms. The smallest absolute Gasteiger partial charge is 0.251 e. The number of amides is 2. The number of hydrogen-bond acceptors (Lipinski definition) is 3. The fourth-order valence-electron chi connectivity index (χ4n) is 1.34. The lowest BCUT2D eigenvalue weighted by atomic mass is 10.1. The topological polar surface area (TPSA) is 84.2 Å². The second-order valence-electron chi connectivity index (χ2n) is 3.75. The second kappa shape index (κ2) is 6.52. The summed E-state index contributed by atoms with van der Waals surface area (Å²) >= 11 is 0. The first-order valence-corrected chi connectivity index (χ1v) is 5.46. The summed E-state index contributed by atoms with van der Waals surface area (Å²) in [7, 11) is 0. The number of nitrogens with one attached hydrogen (secondary N) is 2. The van der Waals surface area contributed by atoms with E-state index in [-0.39, 0.29) is 5.91 Å². The van der Waals surface area contributed by atoms with Crippen molar-refractivity contribution in [2.24, 2.45) is 0 Å². The van der Waals surface area contributed by atoms with Crippen LogP contribution in [0.1, 0.15) is 22.3 Å². The first-order chi connectivity index (χ1) is 8.15. The molecule has 0 unspecified atom stereocenters. The van der Waals surface area contributed by atoms with E-state index in [1.165, 1.54) is 0 Å². The molecule has 0 saturated heterocycles. The Morgan fingerprint density at radius 1 is 1.41 bits per heavy atom. The highest BCUT2D eigenvalue weighted by molar-refractivity contribution is 5.95. The van der Waals surface area contributed by atoms with Gasteiger partial charge in [-0.1, -0.05) is 6.07 Å². The van der Waals surface area contributed by atoms with Crippen molar-refractivity contribution in [3.63, 3.8) is 0 Å². The van der Waals surface area contributed by atoms with E-state index in [0.29, 0.717) is 37.2 Å². The lowest BCUT2D eigenvalue weighted by Crippen LogP contribution is -2.27. The first kappa shape index (κ1) is 13.0. The van der Waals surface area contributed by atoms with Gasteiger partial charge in [0.1, 0.15) is 0 Å². The van der Waals surface area contributed by atoms with Crippen molar-refractivity contribution in [2.45, 2.75) is 13.3 Å². The Labute approximate surface area is 100 Å². The maximum absolute atomic E-state index is 11.7. The third-order valence-electron chi connectivity index (χ3n) is 2.41. The highest BCUT2D eigenvalue weighted by Gasteiger charge is 2.05. The van der Waals surface area contributed by atoms with Crippen LogP contribution in [0.5, 0.6) is 0 Å². The minimum atomic E-state index is -0.150. The number of benzene rings is 1. The third-order valence-corrected chi connectivity index (χ3v) is 2.41. The summed E-state index contributed by atoms with van der Waals surface area (Å²) in [5, 5.41) is 5.28. The SMILES string of the molecule is Cc1ccc(C(=O)NCCCNC=O)cc1N. The Kier molecular flexibility index (Phi) is 5.00. The number of nitrogen functional groups attached to an aromatic ring is 1. The highest BCUT2D eigenvalue weighted by atomic mass is 16.1. The van der Waals surface area contributed by atoms with Crippen LogP contribution in [0.15, 0.2) is 18.2 Å². The number of carbonyl (C=O) groups excluding carboxylic acids is 2. The average Bonchev–Trinajstić information content (AvgIpc) is 2.32. The molecule has 5 nitrogen and oxygen atoms in total. The normalized spacial score (nSPS) is 9.71. The summed E-state index contributed by atoms with van der Waals surface area (Å²) < 4.78 is 0. The molecule has 1 aromatic carbocycles. The summed E-state index contributed by atoms with van der Waals surface area (Å²) in [5.74, 6) is -0.150. The van der Waals surface area contributed by atoms with Crippen molar-refractivity contribution in [3.8, 4) is 0 Å². The Morgan fingerprint density at radius 3 is 2.82 bits per heavy atom. The van der Waals surface area contributed by atoms with Gasteiger partial charge in [0.2, 0.25) is 6.41 Å². The van der Waals surface area contributed by atoms with E-state index < -0.39 is 0 Å². The van der Waals surface area contributed by atoms with Crippen molar-refractivity contribution >= 4 is 18.0 Å². The van der Waals surface area contributed by atoms with Crippen molar-refractivity contribution in [3.05, 3.63) is 29.3 Å². The van der Waals surface area contributed by atoms with Gasteiger partial charge < -0.3 is 16.4 Å². The summed E-state index contributed by atoms with van der Waals surface area (Å²) in [6.07, 6.45) is 1.34. The zero-order valence-corrected chi connectivity index (χ0v) is 9.82. The average molecular weight is 235 g/mol. The van der Waals surface area contributed by atoms with E-state index in [0.717, 1.165) is 5.56 Å². The van der Waals surface area contributed by atoms with Crippen LogP contribution < -0.4 is 16.4 Å². The number of nitrogens with two attached hydrogens (primary N) is 1. The molecule has 0 bridgehead atoms. The maximum atomic E-state index is 11.7. The van der Waals surface area contributed by atoms with Gasteiger partial charge in [-0.2, -0.15) is 0 Å². The molecule has 1 aromatic rings. The van der Waals surface area contributed by atoms with Crippen molar-refractivity contribution in [1.82, 2.24) is 10.6 Å². The summed E-state index contributed by atoms with van der Waals surface area (Å²) in [6, 6.07) is 5.22. The van der Waals surface area contributed by atoms with Crippen molar-refractivity contribution in [2.75, 3.05) is 18.8 Å². The van der Waals surface area contributed by atoms with Gasteiger partial charge in [0.25, 0.3) is 5.91 Å². The fourth-order valence-corrected chi connectivity index (χ4v) is 1.34. The van der Waals surface area contributed by atoms with E-state index >= 15 is 0 Å². The van der Waals surface area contributed by atoms with Gasteiger partial charge in [-0.3, -0.25) is 9.59 Å². The van der Waals surface area contributed by atoms with E-state index in [1.54, 1.807) is 12.1 Å². The maximum Gasteiger partial charge on any atom is 0.251 e. The lowest BCUT2D eigenvalue weighted by molar-refractivity contribution is -0.109. The minimum absolute atomic E-state index is 0.150. The summed E-state index contributed by atoms with van der Waals surface area (Å²) in [6.45, 7) is 2.97. The van der Waals surface area contributed by atoms with Crippen LogP contribution in [0.4, 0.5) is 5.69 Å². The van der Waals surface area contributed by atoms with Crippen LogP contribution in [0.3, 0.4) is 0 Å². The highest BCUT2D eigenvalue weighted by Crippen LogP contribution is 2.12. The molecule has 1 rings (SSSR count). The number of carbonyl (C=O) groups is 2. The molecule has 92 valence electrons. The molecular formula is C12H17N3O2. The van der Waals surface area contributed by atoms with Crippen LogP contribution in [-0.2, 0) is 4.79 Å². The number of aryl methyl sites for hydroxylation is 1. The molecule has 0 fully saturated rings. The van der Waals surface area contributed by atoms with Crippen LogP contribution in [0.25, 0.3) is 0 Å². The Morgan fingerprint density at radius 2 is 2.18 bits per heavy atom. The molecule has 0 radical (unpaired) electrons. The fraction of sp³-hybridized carbons (Fsp3) is 0.333. The monoisotopic (exact) mass is 235 g/mol.